The molecule has 2 aliphatic heterocycles. The van der Waals surface area contributed by atoms with E-state index in [1.807, 2.05) is 0 Å². The maximum atomic E-state index is 12.6. The number of morpholine rings is 1. The highest BCUT2D eigenvalue weighted by molar-refractivity contribution is 5.85. The van der Waals surface area contributed by atoms with Crippen LogP contribution in [0.1, 0.15) is 19.8 Å². The molecule has 0 aromatic heterocycles. The lowest BCUT2D eigenvalue weighted by Gasteiger charge is -2.37. The molecule has 6 nitrogen and oxygen atoms in total. The van der Waals surface area contributed by atoms with Gasteiger partial charge in [0, 0.05) is 26.2 Å². The van der Waals surface area contributed by atoms with E-state index in [9.17, 15) is 22.8 Å². The van der Waals surface area contributed by atoms with E-state index in [4.69, 9.17) is 4.74 Å². The van der Waals surface area contributed by atoms with Crippen LogP contribution in [0, 0.1) is 5.92 Å². The number of hydrogen-bond acceptors (Lipinski definition) is 4. The Kier molecular flexibility index (Phi) is 8.43. The molecule has 0 radical (unpaired) electrons. The highest BCUT2D eigenvalue weighted by Crippen LogP contribution is 2.23. The maximum Gasteiger partial charge on any atom is 0.406 e. The standard InChI is InChI=1S/C15H24F3N3O3.ClH/c1-2-20(10-15(16,17)18)13(22)11-4-3-6-21(8-11)14(23)12-9-24-7-5-19-12;/h11-12,19H,2-10H2,1H3;1H. The number of ether oxygens (including phenoxy) is 1. The number of amides is 2. The molecule has 2 atom stereocenters. The van der Waals surface area contributed by atoms with Gasteiger partial charge in [0.1, 0.15) is 12.6 Å². The first-order valence-corrected chi connectivity index (χ1v) is 8.27. The zero-order valence-electron chi connectivity index (χ0n) is 14.2. The smallest absolute Gasteiger partial charge is 0.378 e. The quantitative estimate of drug-likeness (QED) is 0.783. The first kappa shape index (κ1) is 22.0. The average molecular weight is 388 g/mol. The van der Waals surface area contributed by atoms with Crippen LogP contribution in [0.3, 0.4) is 0 Å². The van der Waals surface area contributed by atoms with Crippen molar-refractivity contribution in [1.82, 2.24) is 15.1 Å². The fraction of sp³-hybridized carbons (Fsp3) is 0.867. The van der Waals surface area contributed by atoms with Crippen LogP contribution in [0.5, 0.6) is 0 Å². The Labute approximate surface area is 151 Å². The SMILES string of the molecule is CCN(CC(F)(F)F)C(=O)C1CCCN(C(=O)C2COCCN2)C1.Cl. The minimum Gasteiger partial charge on any atom is -0.378 e. The second kappa shape index (κ2) is 9.59. The predicted molar refractivity (Wildman–Crippen MR) is 87.5 cm³/mol. The summed E-state index contributed by atoms with van der Waals surface area (Å²) in [7, 11) is 0. The van der Waals surface area contributed by atoms with Crippen molar-refractivity contribution in [3.63, 3.8) is 0 Å². The number of nitrogens with one attached hydrogen (secondary N) is 1. The lowest BCUT2D eigenvalue weighted by atomic mass is 9.95. The Balaban J connectivity index is 0.00000312. The number of carbonyl (C=O) groups is 2. The van der Waals surface area contributed by atoms with Gasteiger partial charge in [-0.2, -0.15) is 13.2 Å². The minimum atomic E-state index is -4.42. The second-order valence-corrected chi connectivity index (χ2v) is 6.17. The van der Waals surface area contributed by atoms with Crippen LogP contribution in [0.4, 0.5) is 13.2 Å². The molecule has 1 N–H and O–H groups in total. The van der Waals surface area contributed by atoms with Crippen LogP contribution in [0.15, 0.2) is 0 Å². The maximum absolute atomic E-state index is 12.6. The molecule has 2 fully saturated rings. The third-order valence-corrected chi connectivity index (χ3v) is 4.37. The third kappa shape index (κ3) is 6.31. The fourth-order valence-electron chi connectivity index (χ4n) is 3.14. The molecule has 0 aromatic rings. The van der Waals surface area contributed by atoms with Gasteiger partial charge < -0.3 is 19.9 Å². The number of halogens is 4. The molecule has 0 aromatic carbocycles. The van der Waals surface area contributed by atoms with Crippen molar-refractivity contribution in [1.29, 1.82) is 0 Å². The predicted octanol–water partition coefficient (Wildman–Crippen LogP) is 1.05. The molecule has 0 spiro atoms. The number of carbonyl (C=O) groups excluding carboxylic acids is 2. The van der Waals surface area contributed by atoms with Crippen molar-refractivity contribution >= 4 is 24.2 Å². The molecule has 2 aliphatic rings. The van der Waals surface area contributed by atoms with E-state index in [2.05, 4.69) is 5.32 Å². The van der Waals surface area contributed by atoms with Gasteiger partial charge >= 0.3 is 6.18 Å². The van der Waals surface area contributed by atoms with Crippen LogP contribution < -0.4 is 5.32 Å². The molecule has 0 bridgehead atoms. The number of piperidine rings is 1. The molecule has 0 saturated carbocycles. The van der Waals surface area contributed by atoms with Gasteiger partial charge in [-0.1, -0.05) is 0 Å². The summed E-state index contributed by atoms with van der Waals surface area (Å²) in [6.07, 6.45) is -3.30. The summed E-state index contributed by atoms with van der Waals surface area (Å²) in [5, 5.41) is 3.06. The molecule has 146 valence electrons. The van der Waals surface area contributed by atoms with Gasteiger partial charge in [0.15, 0.2) is 0 Å². The van der Waals surface area contributed by atoms with Crippen LogP contribution in [-0.2, 0) is 14.3 Å². The molecule has 0 aliphatic carbocycles. The largest absolute Gasteiger partial charge is 0.406 e. The van der Waals surface area contributed by atoms with Gasteiger partial charge in [0.2, 0.25) is 11.8 Å². The van der Waals surface area contributed by atoms with Gasteiger partial charge in [-0.15, -0.1) is 12.4 Å². The molecule has 2 heterocycles. The summed E-state index contributed by atoms with van der Waals surface area (Å²) in [6.45, 7) is 2.39. The van der Waals surface area contributed by atoms with Gasteiger partial charge in [-0.25, -0.2) is 0 Å². The second-order valence-electron chi connectivity index (χ2n) is 6.17. The lowest BCUT2D eigenvalue weighted by Crippen LogP contribution is -2.56. The van der Waals surface area contributed by atoms with E-state index >= 15 is 0 Å². The topological polar surface area (TPSA) is 61.9 Å². The van der Waals surface area contributed by atoms with Crippen molar-refractivity contribution in [2.45, 2.75) is 32.0 Å². The molecule has 25 heavy (non-hydrogen) atoms. The Morgan fingerprint density at radius 1 is 1.36 bits per heavy atom. The van der Waals surface area contributed by atoms with Crippen LogP contribution in [0.2, 0.25) is 0 Å². The molecule has 2 rings (SSSR count). The summed E-state index contributed by atoms with van der Waals surface area (Å²) < 4.78 is 43.0. The van der Waals surface area contributed by atoms with E-state index in [0.717, 1.165) is 4.90 Å². The van der Waals surface area contributed by atoms with Crippen LogP contribution >= 0.6 is 12.4 Å². The van der Waals surface area contributed by atoms with Crippen LogP contribution in [0.25, 0.3) is 0 Å². The summed E-state index contributed by atoms with van der Waals surface area (Å²) in [5.41, 5.74) is 0. The fourth-order valence-corrected chi connectivity index (χ4v) is 3.14. The molecule has 2 saturated heterocycles. The minimum absolute atomic E-state index is 0. The van der Waals surface area contributed by atoms with Crippen molar-refractivity contribution in [3.05, 3.63) is 0 Å². The summed E-state index contributed by atoms with van der Waals surface area (Å²) in [5.74, 6) is -1.25. The number of nitrogens with zero attached hydrogens (tertiary/aromatic N) is 2. The summed E-state index contributed by atoms with van der Waals surface area (Å²) in [6, 6.07) is -0.440. The molecular weight excluding hydrogens is 363 g/mol. The van der Waals surface area contributed by atoms with E-state index in [1.54, 1.807) is 4.90 Å². The molecular formula is C15H25ClF3N3O3. The van der Waals surface area contributed by atoms with Crippen molar-refractivity contribution in [2.75, 3.05) is 45.9 Å². The zero-order valence-corrected chi connectivity index (χ0v) is 15.0. The highest BCUT2D eigenvalue weighted by Gasteiger charge is 2.37. The highest BCUT2D eigenvalue weighted by atomic mass is 35.5. The van der Waals surface area contributed by atoms with E-state index < -0.39 is 30.6 Å². The molecule has 2 amide bonds. The van der Waals surface area contributed by atoms with Crippen molar-refractivity contribution in [3.8, 4) is 0 Å². The first-order chi connectivity index (χ1) is 11.3. The third-order valence-electron chi connectivity index (χ3n) is 4.37. The average Bonchev–Trinajstić information content (AvgIpc) is 2.58. The Bertz CT molecular complexity index is 459. The van der Waals surface area contributed by atoms with E-state index in [1.165, 1.54) is 6.92 Å². The van der Waals surface area contributed by atoms with E-state index in [0.29, 0.717) is 32.5 Å². The van der Waals surface area contributed by atoms with Gasteiger partial charge in [-0.05, 0) is 19.8 Å². The number of likely N-dealkylation sites (tertiary alicyclic amines) is 1. The van der Waals surface area contributed by atoms with Crippen molar-refractivity contribution < 1.29 is 27.5 Å². The Hall–Kier alpha value is -1.06. The Morgan fingerprint density at radius 2 is 2.08 bits per heavy atom. The number of rotatable bonds is 4. The lowest BCUT2D eigenvalue weighted by molar-refractivity contribution is -0.165. The monoisotopic (exact) mass is 387 g/mol. The number of hydrogen-bond donors (Lipinski definition) is 1. The summed E-state index contributed by atoms with van der Waals surface area (Å²) >= 11 is 0. The zero-order chi connectivity index (χ0) is 17.7. The van der Waals surface area contributed by atoms with Gasteiger partial charge in [-0.3, -0.25) is 9.59 Å². The van der Waals surface area contributed by atoms with Crippen molar-refractivity contribution in [2.24, 2.45) is 5.92 Å². The van der Waals surface area contributed by atoms with Gasteiger partial charge in [0.25, 0.3) is 0 Å². The molecule has 2 unspecified atom stereocenters. The first-order valence-electron chi connectivity index (χ1n) is 8.27. The summed E-state index contributed by atoms with van der Waals surface area (Å²) in [4.78, 5) is 27.3. The normalized spacial score (nSPS) is 24.4. The van der Waals surface area contributed by atoms with E-state index in [-0.39, 0.29) is 38.0 Å². The molecule has 10 heteroatoms. The van der Waals surface area contributed by atoms with Gasteiger partial charge in [0.05, 0.1) is 19.1 Å². The number of alkyl halides is 3. The Morgan fingerprint density at radius 3 is 2.64 bits per heavy atom. The van der Waals surface area contributed by atoms with Crippen LogP contribution in [-0.4, -0.2) is 79.8 Å².